The fourth-order valence-corrected chi connectivity index (χ4v) is 8.69. The molecular weight excluding hydrogens is 336 g/mol. The van der Waals surface area contributed by atoms with Crippen LogP contribution in [0.5, 0.6) is 0 Å². The van der Waals surface area contributed by atoms with Crippen LogP contribution >= 0.6 is 0 Å². The summed E-state index contributed by atoms with van der Waals surface area (Å²) in [4.78, 5) is 0. The van der Waals surface area contributed by atoms with Gasteiger partial charge in [0.25, 0.3) is 0 Å². The molecule has 4 rings (SSSR count). The third-order valence-electron chi connectivity index (χ3n) is 10.3. The Balaban J connectivity index is 1.48. The summed E-state index contributed by atoms with van der Waals surface area (Å²) in [5, 5.41) is 0. The van der Waals surface area contributed by atoms with Crippen LogP contribution in [0.25, 0.3) is 0 Å². The maximum atomic E-state index is 2.71. The van der Waals surface area contributed by atoms with E-state index in [4.69, 9.17) is 0 Å². The first-order valence-electron chi connectivity index (χ1n) is 13.7. The highest BCUT2D eigenvalue weighted by Gasteiger charge is 2.46. The normalized spacial score (nSPS) is 37.1. The van der Waals surface area contributed by atoms with Gasteiger partial charge in [0.2, 0.25) is 0 Å². The van der Waals surface area contributed by atoms with E-state index in [9.17, 15) is 0 Å². The van der Waals surface area contributed by atoms with Crippen LogP contribution < -0.4 is 0 Å². The lowest BCUT2D eigenvalue weighted by atomic mass is 9.53. The summed E-state index contributed by atoms with van der Waals surface area (Å²) in [5.74, 6) is 6.38. The van der Waals surface area contributed by atoms with Crippen molar-refractivity contribution in [2.75, 3.05) is 0 Å². The largest absolute Gasteiger partial charge is 0.0594 e. The monoisotopic (exact) mass is 386 g/mol. The van der Waals surface area contributed by atoms with Crippen molar-refractivity contribution >= 4 is 0 Å². The minimum atomic E-state index is 0.596. The Kier molecular flexibility index (Phi) is 7.49. The lowest BCUT2D eigenvalue weighted by Crippen LogP contribution is -2.44. The second kappa shape index (κ2) is 9.87. The zero-order valence-corrected chi connectivity index (χ0v) is 19.4. The highest BCUT2D eigenvalue weighted by atomic mass is 14.5. The van der Waals surface area contributed by atoms with Crippen molar-refractivity contribution in [2.24, 2.45) is 40.9 Å². The van der Waals surface area contributed by atoms with Crippen molar-refractivity contribution in [1.29, 1.82) is 0 Å². The molecule has 4 aliphatic carbocycles. The van der Waals surface area contributed by atoms with E-state index in [2.05, 4.69) is 13.8 Å². The molecule has 0 nitrogen and oxygen atoms in total. The molecule has 0 spiro atoms. The zero-order valence-electron chi connectivity index (χ0n) is 19.4. The highest BCUT2D eigenvalue weighted by molar-refractivity contribution is 4.96. The fraction of sp³-hybridized carbons (Fsp3) is 1.00. The Hall–Kier alpha value is 0. The van der Waals surface area contributed by atoms with Crippen LogP contribution in [0.1, 0.15) is 136 Å². The average Bonchev–Trinajstić information content (AvgIpc) is 2.75. The minimum Gasteiger partial charge on any atom is -0.0594 e. The molecule has 0 N–H and O–H groups in total. The summed E-state index contributed by atoms with van der Waals surface area (Å²) in [6.45, 7) is 5.43. The van der Waals surface area contributed by atoms with E-state index in [1.54, 1.807) is 51.4 Å². The van der Waals surface area contributed by atoms with Crippen molar-refractivity contribution in [1.82, 2.24) is 0 Å². The van der Waals surface area contributed by atoms with E-state index in [-0.39, 0.29) is 0 Å². The van der Waals surface area contributed by atoms with E-state index in [1.165, 1.54) is 70.6 Å². The standard InChI is InChI=1S/C28H50/c1-28(2,24-16-7-4-8-17-24)27-20-12-11-19-26(27)25-18-10-9-15-23(25)21-22-13-5-3-6-14-22/h22-27H,3-21H2,1-2H3. The molecule has 0 aliphatic heterocycles. The van der Waals surface area contributed by atoms with Crippen LogP contribution in [-0.4, -0.2) is 0 Å². The van der Waals surface area contributed by atoms with Gasteiger partial charge < -0.3 is 0 Å². The third-order valence-corrected chi connectivity index (χ3v) is 10.3. The van der Waals surface area contributed by atoms with Crippen LogP contribution in [0, 0.1) is 40.9 Å². The van der Waals surface area contributed by atoms with Gasteiger partial charge in [-0.15, -0.1) is 0 Å². The van der Waals surface area contributed by atoms with Gasteiger partial charge in [0, 0.05) is 0 Å². The molecule has 0 aromatic carbocycles. The molecule has 0 saturated heterocycles. The summed E-state index contributed by atoms with van der Waals surface area (Å²) >= 11 is 0. The Bertz CT molecular complexity index is 451. The first kappa shape index (κ1) is 21.2. The number of hydrogen-bond donors (Lipinski definition) is 0. The lowest BCUT2D eigenvalue weighted by Gasteiger charge is -2.52. The van der Waals surface area contributed by atoms with Crippen molar-refractivity contribution < 1.29 is 0 Å². The molecule has 0 heterocycles. The van der Waals surface area contributed by atoms with Crippen LogP contribution in [-0.2, 0) is 0 Å². The topological polar surface area (TPSA) is 0 Å². The van der Waals surface area contributed by atoms with Gasteiger partial charge in [0.05, 0.1) is 0 Å². The van der Waals surface area contributed by atoms with E-state index in [0.29, 0.717) is 5.41 Å². The molecule has 0 aromatic rings. The molecule has 0 radical (unpaired) electrons. The maximum absolute atomic E-state index is 2.71. The summed E-state index contributed by atoms with van der Waals surface area (Å²) in [6.07, 6.45) is 29.3. The van der Waals surface area contributed by atoms with Crippen LogP contribution in [0.2, 0.25) is 0 Å². The molecule has 4 atom stereocenters. The van der Waals surface area contributed by atoms with Gasteiger partial charge in [-0.3, -0.25) is 0 Å². The molecule has 162 valence electrons. The van der Waals surface area contributed by atoms with Crippen LogP contribution in [0.3, 0.4) is 0 Å². The van der Waals surface area contributed by atoms with E-state index in [1.807, 2.05) is 0 Å². The molecule has 4 fully saturated rings. The van der Waals surface area contributed by atoms with Crippen molar-refractivity contribution in [2.45, 2.75) is 136 Å². The maximum Gasteiger partial charge on any atom is -0.0295 e. The van der Waals surface area contributed by atoms with Crippen LogP contribution in [0.15, 0.2) is 0 Å². The quantitative estimate of drug-likeness (QED) is 0.441. The molecule has 4 aliphatic rings. The van der Waals surface area contributed by atoms with Gasteiger partial charge in [0.1, 0.15) is 0 Å². The fourth-order valence-electron chi connectivity index (χ4n) is 8.69. The second-order valence-corrected chi connectivity index (χ2v) is 12.2. The number of rotatable bonds is 5. The molecule has 0 aromatic heterocycles. The molecule has 0 heteroatoms. The summed E-state index contributed by atoms with van der Waals surface area (Å²) in [5.41, 5.74) is 0.596. The van der Waals surface area contributed by atoms with Gasteiger partial charge in [-0.25, -0.2) is 0 Å². The second-order valence-electron chi connectivity index (χ2n) is 12.2. The zero-order chi connectivity index (χ0) is 19.4. The van der Waals surface area contributed by atoms with Crippen molar-refractivity contribution in [3.05, 3.63) is 0 Å². The molecule has 0 bridgehead atoms. The Labute approximate surface area is 177 Å². The molecular formula is C28H50. The van der Waals surface area contributed by atoms with Gasteiger partial charge in [-0.2, -0.15) is 0 Å². The summed E-state index contributed by atoms with van der Waals surface area (Å²) < 4.78 is 0. The van der Waals surface area contributed by atoms with Crippen LogP contribution in [0.4, 0.5) is 0 Å². The number of hydrogen-bond acceptors (Lipinski definition) is 0. The van der Waals surface area contributed by atoms with E-state index >= 15 is 0 Å². The Morgan fingerprint density at radius 1 is 0.536 bits per heavy atom. The SMILES string of the molecule is CC(C)(C1CCCCC1)C1CCCCC1C1CCCCC1CC1CCCCC1. The van der Waals surface area contributed by atoms with Crippen molar-refractivity contribution in [3.63, 3.8) is 0 Å². The van der Waals surface area contributed by atoms with Crippen molar-refractivity contribution in [3.8, 4) is 0 Å². The highest BCUT2D eigenvalue weighted by Crippen LogP contribution is 2.55. The molecule has 28 heavy (non-hydrogen) atoms. The predicted octanol–water partition coefficient (Wildman–Crippen LogP) is 9.18. The van der Waals surface area contributed by atoms with Gasteiger partial charge in [-0.1, -0.05) is 97.3 Å². The van der Waals surface area contributed by atoms with E-state index < -0.39 is 0 Å². The van der Waals surface area contributed by atoms with E-state index in [0.717, 1.165) is 35.5 Å². The smallest absolute Gasteiger partial charge is 0.0295 e. The van der Waals surface area contributed by atoms with Gasteiger partial charge in [-0.05, 0) is 79.4 Å². The molecule has 0 amide bonds. The summed E-state index contributed by atoms with van der Waals surface area (Å²) in [7, 11) is 0. The Morgan fingerprint density at radius 2 is 1.07 bits per heavy atom. The molecule has 4 saturated carbocycles. The van der Waals surface area contributed by atoms with Gasteiger partial charge in [0.15, 0.2) is 0 Å². The van der Waals surface area contributed by atoms with Gasteiger partial charge >= 0.3 is 0 Å². The predicted molar refractivity (Wildman–Crippen MR) is 122 cm³/mol. The summed E-state index contributed by atoms with van der Waals surface area (Å²) in [6, 6.07) is 0. The Morgan fingerprint density at radius 3 is 1.79 bits per heavy atom. The first-order chi connectivity index (χ1) is 13.7. The first-order valence-corrected chi connectivity index (χ1v) is 13.7. The third kappa shape index (κ3) is 4.83. The minimum absolute atomic E-state index is 0.596. The average molecular weight is 387 g/mol. The lowest BCUT2D eigenvalue weighted by molar-refractivity contribution is -0.0271. The molecule has 4 unspecified atom stereocenters.